The minimum Gasteiger partial charge on any atom is -0.309 e. The number of piperazine rings is 1. The summed E-state index contributed by atoms with van der Waals surface area (Å²) in [5.74, 6) is 1.94. The van der Waals surface area contributed by atoms with E-state index in [0.717, 1.165) is 17.9 Å². The van der Waals surface area contributed by atoms with Gasteiger partial charge in [0, 0.05) is 31.2 Å². The quantitative estimate of drug-likeness (QED) is 0.835. The molecule has 112 valence electrons. The molecule has 1 heterocycles. The van der Waals surface area contributed by atoms with Gasteiger partial charge >= 0.3 is 0 Å². The van der Waals surface area contributed by atoms with Gasteiger partial charge < -0.3 is 5.32 Å². The Balaban J connectivity index is 1.91. The second-order valence-electron chi connectivity index (χ2n) is 7.41. The van der Waals surface area contributed by atoms with Crippen molar-refractivity contribution >= 4 is 0 Å². The molecule has 1 aliphatic carbocycles. The average Bonchev–Trinajstić information content (AvgIpc) is 2.42. The first-order valence-corrected chi connectivity index (χ1v) is 8.55. The molecule has 2 fully saturated rings. The number of hydrogen-bond donors (Lipinski definition) is 1. The Bertz CT molecular complexity index is 270. The van der Waals surface area contributed by atoms with Crippen LogP contribution in [0.4, 0.5) is 0 Å². The lowest BCUT2D eigenvalue weighted by Gasteiger charge is -2.47. The van der Waals surface area contributed by atoms with Crippen molar-refractivity contribution in [1.29, 1.82) is 0 Å². The summed E-state index contributed by atoms with van der Waals surface area (Å²) in [7, 11) is 0. The fourth-order valence-electron chi connectivity index (χ4n) is 3.82. The first-order chi connectivity index (χ1) is 9.06. The van der Waals surface area contributed by atoms with Crippen LogP contribution in [0, 0.1) is 11.8 Å². The molecule has 1 saturated heterocycles. The van der Waals surface area contributed by atoms with Crippen LogP contribution in [-0.2, 0) is 0 Å². The van der Waals surface area contributed by atoms with Crippen LogP contribution in [-0.4, -0.2) is 36.1 Å². The van der Waals surface area contributed by atoms with Crippen molar-refractivity contribution in [3.05, 3.63) is 0 Å². The van der Waals surface area contributed by atoms with Gasteiger partial charge in [-0.3, -0.25) is 4.90 Å². The van der Waals surface area contributed by atoms with E-state index in [2.05, 4.69) is 37.9 Å². The van der Waals surface area contributed by atoms with E-state index in [1.165, 1.54) is 58.2 Å². The zero-order chi connectivity index (χ0) is 13.9. The number of nitrogens with zero attached hydrogens (tertiary/aromatic N) is 1. The van der Waals surface area contributed by atoms with Gasteiger partial charge in [0.15, 0.2) is 0 Å². The molecule has 2 nitrogen and oxygen atoms in total. The fourth-order valence-corrected chi connectivity index (χ4v) is 3.82. The van der Waals surface area contributed by atoms with Gasteiger partial charge in [0.05, 0.1) is 0 Å². The molecule has 2 unspecified atom stereocenters. The maximum absolute atomic E-state index is 3.78. The monoisotopic (exact) mass is 266 g/mol. The van der Waals surface area contributed by atoms with Crippen LogP contribution in [0.1, 0.15) is 66.2 Å². The van der Waals surface area contributed by atoms with Gasteiger partial charge in [0.1, 0.15) is 0 Å². The van der Waals surface area contributed by atoms with Crippen molar-refractivity contribution in [1.82, 2.24) is 10.2 Å². The number of hydrogen-bond acceptors (Lipinski definition) is 2. The van der Waals surface area contributed by atoms with E-state index in [1.54, 1.807) is 0 Å². The largest absolute Gasteiger partial charge is 0.309 e. The van der Waals surface area contributed by atoms with E-state index in [0.29, 0.717) is 5.54 Å². The molecular weight excluding hydrogens is 232 g/mol. The third kappa shape index (κ3) is 3.95. The van der Waals surface area contributed by atoms with Gasteiger partial charge in [-0.25, -0.2) is 0 Å². The van der Waals surface area contributed by atoms with Crippen molar-refractivity contribution in [2.24, 2.45) is 11.8 Å². The lowest BCUT2D eigenvalue weighted by atomic mass is 9.82. The van der Waals surface area contributed by atoms with Crippen molar-refractivity contribution in [2.75, 3.05) is 19.6 Å². The van der Waals surface area contributed by atoms with Gasteiger partial charge in [-0.05, 0) is 44.4 Å². The van der Waals surface area contributed by atoms with Crippen LogP contribution in [0.3, 0.4) is 0 Å². The second-order valence-corrected chi connectivity index (χ2v) is 7.41. The van der Waals surface area contributed by atoms with E-state index in [4.69, 9.17) is 0 Å². The highest BCUT2D eigenvalue weighted by Crippen LogP contribution is 2.30. The molecule has 0 aromatic heterocycles. The van der Waals surface area contributed by atoms with E-state index >= 15 is 0 Å². The summed E-state index contributed by atoms with van der Waals surface area (Å²) in [6.07, 6.45) is 8.36. The first-order valence-electron chi connectivity index (χ1n) is 8.55. The third-order valence-corrected chi connectivity index (χ3v) is 5.71. The third-order valence-electron chi connectivity index (χ3n) is 5.71. The SMILES string of the molecule is CCC1CNC(C)(CC)CN1CC1CCC(C)CC1. The van der Waals surface area contributed by atoms with E-state index in [-0.39, 0.29) is 0 Å². The summed E-state index contributed by atoms with van der Waals surface area (Å²) in [5.41, 5.74) is 0.341. The molecule has 2 aliphatic rings. The summed E-state index contributed by atoms with van der Waals surface area (Å²) in [5, 5.41) is 3.78. The van der Waals surface area contributed by atoms with Crippen LogP contribution in [0.2, 0.25) is 0 Å². The molecule has 2 heteroatoms. The van der Waals surface area contributed by atoms with Crippen molar-refractivity contribution < 1.29 is 0 Å². The topological polar surface area (TPSA) is 15.3 Å². The Morgan fingerprint density at radius 2 is 1.84 bits per heavy atom. The zero-order valence-electron chi connectivity index (χ0n) is 13.5. The van der Waals surface area contributed by atoms with E-state index < -0.39 is 0 Å². The van der Waals surface area contributed by atoms with Crippen LogP contribution in [0.15, 0.2) is 0 Å². The average molecular weight is 266 g/mol. The van der Waals surface area contributed by atoms with Crippen LogP contribution < -0.4 is 5.32 Å². The first kappa shape index (κ1) is 15.3. The standard InChI is InChI=1S/C17H34N2/c1-5-16-11-18-17(4,6-2)13-19(16)12-15-9-7-14(3)8-10-15/h14-16,18H,5-13H2,1-4H3. The molecule has 0 bridgehead atoms. The Labute approximate surface area is 120 Å². The van der Waals surface area contributed by atoms with Gasteiger partial charge in [0.25, 0.3) is 0 Å². The highest BCUT2D eigenvalue weighted by Gasteiger charge is 2.34. The molecule has 19 heavy (non-hydrogen) atoms. The summed E-state index contributed by atoms with van der Waals surface area (Å²) in [6, 6.07) is 0.763. The molecule has 2 atom stereocenters. The molecular formula is C17H34N2. The zero-order valence-corrected chi connectivity index (χ0v) is 13.5. The van der Waals surface area contributed by atoms with Gasteiger partial charge in [0.2, 0.25) is 0 Å². The summed E-state index contributed by atoms with van der Waals surface area (Å²) in [4.78, 5) is 2.81. The predicted octanol–water partition coefficient (Wildman–Crippen LogP) is 3.67. The van der Waals surface area contributed by atoms with Crippen LogP contribution >= 0.6 is 0 Å². The van der Waals surface area contributed by atoms with Gasteiger partial charge in [-0.15, -0.1) is 0 Å². The Morgan fingerprint density at radius 1 is 1.16 bits per heavy atom. The molecule has 0 aromatic rings. The summed E-state index contributed by atoms with van der Waals surface area (Å²) >= 11 is 0. The van der Waals surface area contributed by atoms with Gasteiger partial charge in [-0.1, -0.05) is 33.6 Å². The molecule has 2 rings (SSSR count). The molecule has 1 saturated carbocycles. The smallest absolute Gasteiger partial charge is 0.0278 e. The Morgan fingerprint density at radius 3 is 2.42 bits per heavy atom. The molecule has 0 spiro atoms. The minimum atomic E-state index is 0.341. The van der Waals surface area contributed by atoms with E-state index in [1.807, 2.05) is 0 Å². The van der Waals surface area contributed by atoms with Crippen molar-refractivity contribution in [3.8, 4) is 0 Å². The van der Waals surface area contributed by atoms with E-state index in [9.17, 15) is 0 Å². The van der Waals surface area contributed by atoms with Crippen LogP contribution in [0.5, 0.6) is 0 Å². The lowest BCUT2D eigenvalue weighted by Crippen LogP contribution is -2.63. The number of nitrogens with one attached hydrogen (secondary N) is 1. The van der Waals surface area contributed by atoms with Crippen LogP contribution in [0.25, 0.3) is 0 Å². The Hall–Kier alpha value is -0.0800. The summed E-state index contributed by atoms with van der Waals surface area (Å²) in [6.45, 7) is 13.3. The van der Waals surface area contributed by atoms with Crippen molar-refractivity contribution in [3.63, 3.8) is 0 Å². The molecule has 1 aliphatic heterocycles. The second kappa shape index (κ2) is 6.58. The molecule has 0 radical (unpaired) electrons. The highest BCUT2D eigenvalue weighted by atomic mass is 15.2. The lowest BCUT2D eigenvalue weighted by molar-refractivity contribution is 0.0585. The maximum Gasteiger partial charge on any atom is 0.0278 e. The molecule has 1 N–H and O–H groups in total. The van der Waals surface area contributed by atoms with Crippen molar-refractivity contribution in [2.45, 2.75) is 77.8 Å². The Kier molecular flexibility index (Phi) is 5.30. The molecule has 0 amide bonds. The van der Waals surface area contributed by atoms with Gasteiger partial charge in [-0.2, -0.15) is 0 Å². The predicted molar refractivity (Wildman–Crippen MR) is 83.5 cm³/mol. The fraction of sp³-hybridized carbons (Fsp3) is 1.00. The minimum absolute atomic E-state index is 0.341. The number of rotatable bonds is 4. The summed E-state index contributed by atoms with van der Waals surface area (Å²) < 4.78 is 0. The highest BCUT2D eigenvalue weighted by molar-refractivity contribution is 4.94. The maximum atomic E-state index is 3.78. The normalized spacial score (nSPS) is 41.4. The molecule has 0 aromatic carbocycles.